The zero-order valence-electron chi connectivity index (χ0n) is 17.9. The van der Waals surface area contributed by atoms with E-state index in [4.69, 9.17) is 22.1 Å². The molecule has 34 heavy (non-hydrogen) atoms. The van der Waals surface area contributed by atoms with Gasteiger partial charge in [-0.3, -0.25) is 0 Å². The Morgan fingerprint density at radius 3 is 2.82 bits per heavy atom. The lowest BCUT2D eigenvalue weighted by molar-refractivity contribution is 0.0156. The number of anilines is 2. The van der Waals surface area contributed by atoms with E-state index < -0.39 is 24.8 Å². The van der Waals surface area contributed by atoms with Crippen molar-refractivity contribution in [2.45, 2.75) is 5.92 Å². The van der Waals surface area contributed by atoms with Crippen molar-refractivity contribution < 1.29 is 17.9 Å². The highest BCUT2D eigenvalue weighted by Crippen LogP contribution is 2.41. The van der Waals surface area contributed by atoms with Gasteiger partial charge in [-0.15, -0.1) is 0 Å². The lowest BCUT2D eigenvalue weighted by Crippen LogP contribution is -2.39. The molecule has 1 fully saturated rings. The van der Waals surface area contributed by atoms with Crippen LogP contribution < -0.4 is 20.7 Å². The predicted molar refractivity (Wildman–Crippen MR) is 124 cm³/mol. The predicted octanol–water partition coefficient (Wildman–Crippen LogP) is 3.67. The molecule has 0 radical (unpaired) electrons. The Kier molecular flexibility index (Phi) is 5.53. The van der Waals surface area contributed by atoms with Gasteiger partial charge in [-0.2, -0.15) is 9.97 Å². The molecule has 0 amide bonds. The van der Waals surface area contributed by atoms with Gasteiger partial charge in [0.25, 0.3) is 5.92 Å². The maximum atomic E-state index is 16.1. The van der Waals surface area contributed by atoms with Crippen molar-refractivity contribution in [3.05, 3.63) is 41.3 Å². The van der Waals surface area contributed by atoms with Crippen LogP contribution in [0.4, 0.5) is 24.9 Å². The highest BCUT2D eigenvalue weighted by Gasteiger charge is 2.35. The van der Waals surface area contributed by atoms with E-state index in [1.165, 1.54) is 24.3 Å². The number of aromatic nitrogens is 4. The summed E-state index contributed by atoms with van der Waals surface area (Å²) in [7, 11) is 1.32. The molecule has 0 unspecified atom stereocenters. The van der Waals surface area contributed by atoms with E-state index in [0.717, 1.165) is 0 Å². The fourth-order valence-electron chi connectivity index (χ4n) is 4.09. The lowest BCUT2D eigenvalue weighted by Gasteiger charge is -2.26. The second kappa shape index (κ2) is 8.41. The zero-order chi connectivity index (χ0) is 24.0. The molecular weight excluding hydrogens is 471 g/mol. The molecule has 0 saturated carbocycles. The van der Waals surface area contributed by atoms with Gasteiger partial charge in [0.15, 0.2) is 5.82 Å². The highest BCUT2D eigenvalue weighted by atomic mass is 35.5. The number of hydrogen-bond acceptors (Lipinski definition) is 8. The minimum Gasteiger partial charge on any atom is -0.467 e. The smallest absolute Gasteiger partial charge is 0.318 e. The number of fused-ring (bicyclic) bond motifs is 2. The number of para-hydroxylation sites is 1. The van der Waals surface area contributed by atoms with Crippen molar-refractivity contribution in [3.8, 4) is 17.1 Å². The molecule has 2 aromatic heterocycles. The van der Waals surface area contributed by atoms with Crippen molar-refractivity contribution in [2.75, 3.05) is 43.9 Å². The number of benzene rings is 2. The molecule has 0 atom stereocenters. The number of rotatable bonds is 3. The summed E-state index contributed by atoms with van der Waals surface area (Å²) in [6.07, 6.45) is 1.53. The van der Waals surface area contributed by atoms with Crippen LogP contribution in [-0.2, 0) is 0 Å². The molecule has 1 aliphatic heterocycles. The average molecular weight is 490 g/mol. The Morgan fingerprint density at radius 1 is 1.21 bits per heavy atom. The molecule has 0 bridgehead atoms. The maximum absolute atomic E-state index is 16.1. The first-order chi connectivity index (χ1) is 16.3. The fourth-order valence-corrected chi connectivity index (χ4v) is 4.38. The number of nitrogens with one attached hydrogen (secondary N) is 1. The number of nitrogens with two attached hydrogens (primary N) is 1. The average Bonchev–Trinajstić information content (AvgIpc) is 2.99. The largest absolute Gasteiger partial charge is 0.467 e. The Morgan fingerprint density at radius 2 is 2.03 bits per heavy atom. The molecule has 4 aromatic rings. The first-order valence-electron chi connectivity index (χ1n) is 10.4. The third-order valence-corrected chi connectivity index (χ3v) is 5.89. The summed E-state index contributed by atoms with van der Waals surface area (Å²) in [6, 6.07) is 6.46. The number of methoxy groups -OCH3 is 1. The molecule has 2 aromatic carbocycles. The van der Waals surface area contributed by atoms with Crippen LogP contribution in [0.2, 0.25) is 5.02 Å². The molecule has 3 N–H and O–H groups in total. The first-order valence-corrected chi connectivity index (χ1v) is 10.7. The second-order valence-electron chi connectivity index (χ2n) is 7.90. The number of hydrogen-bond donors (Lipinski definition) is 2. The van der Waals surface area contributed by atoms with Gasteiger partial charge in [0.1, 0.15) is 11.3 Å². The van der Waals surface area contributed by atoms with Gasteiger partial charge in [-0.05, 0) is 6.07 Å². The first kappa shape index (κ1) is 22.4. The monoisotopic (exact) mass is 489 g/mol. The Bertz CT molecular complexity index is 1420. The van der Waals surface area contributed by atoms with Gasteiger partial charge in [0, 0.05) is 41.2 Å². The van der Waals surface area contributed by atoms with Crippen LogP contribution in [0.5, 0.6) is 6.01 Å². The van der Waals surface area contributed by atoms with Crippen LogP contribution in [0.15, 0.2) is 30.5 Å². The van der Waals surface area contributed by atoms with Crippen molar-refractivity contribution in [1.29, 1.82) is 0 Å². The third kappa shape index (κ3) is 3.90. The van der Waals surface area contributed by atoms with Crippen molar-refractivity contribution in [3.63, 3.8) is 0 Å². The van der Waals surface area contributed by atoms with Gasteiger partial charge in [0.05, 0.1) is 30.7 Å². The summed E-state index contributed by atoms with van der Waals surface area (Å²) >= 11 is 6.58. The maximum Gasteiger partial charge on any atom is 0.318 e. The molecule has 0 aliphatic carbocycles. The highest BCUT2D eigenvalue weighted by molar-refractivity contribution is 6.35. The van der Waals surface area contributed by atoms with E-state index in [9.17, 15) is 8.78 Å². The molecule has 0 spiro atoms. The molecule has 176 valence electrons. The van der Waals surface area contributed by atoms with Crippen LogP contribution in [0.25, 0.3) is 32.9 Å². The lowest BCUT2D eigenvalue weighted by atomic mass is 10.00. The number of nitrogen functional groups attached to an aromatic ring is 1. The quantitative estimate of drug-likeness (QED) is 0.449. The number of nitrogens with zero attached hydrogens (tertiary/aromatic N) is 5. The summed E-state index contributed by atoms with van der Waals surface area (Å²) in [4.78, 5) is 18.1. The normalized spacial score (nSPS) is 16.1. The van der Waals surface area contributed by atoms with E-state index in [2.05, 4.69) is 25.3 Å². The number of alkyl halides is 2. The molecule has 1 aliphatic rings. The van der Waals surface area contributed by atoms with E-state index in [-0.39, 0.29) is 45.8 Å². The van der Waals surface area contributed by atoms with Crippen molar-refractivity contribution in [2.24, 2.45) is 0 Å². The summed E-state index contributed by atoms with van der Waals surface area (Å²) < 4.78 is 49.8. The minimum atomic E-state index is -3.01. The Hall–Kier alpha value is -3.44. The Labute approximate surface area is 196 Å². The summed E-state index contributed by atoms with van der Waals surface area (Å²) in [5.74, 6) is -3.62. The van der Waals surface area contributed by atoms with Gasteiger partial charge >= 0.3 is 6.01 Å². The summed E-state index contributed by atoms with van der Waals surface area (Å²) in [5, 5.41) is 3.58. The van der Waals surface area contributed by atoms with E-state index >= 15 is 4.39 Å². The molecule has 3 heterocycles. The van der Waals surface area contributed by atoms with Crippen LogP contribution in [0.1, 0.15) is 0 Å². The van der Waals surface area contributed by atoms with E-state index in [1.54, 1.807) is 18.2 Å². The van der Waals surface area contributed by atoms with E-state index in [1.807, 2.05) is 0 Å². The SMILES string of the molecule is COc1nc(N2CCNCC(F)(F)C2)c2cc(Cl)c(-c3cccc4cnc(N)nc34)c(F)c2n1. The second-order valence-corrected chi connectivity index (χ2v) is 8.31. The molecule has 1 saturated heterocycles. The number of halogens is 4. The summed E-state index contributed by atoms with van der Waals surface area (Å²) in [6.45, 7) is -0.537. The topological polar surface area (TPSA) is 102 Å². The van der Waals surface area contributed by atoms with Crippen LogP contribution >= 0.6 is 11.6 Å². The fraction of sp³-hybridized carbons (Fsp3) is 0.273. The third-order valence-electron chi connectivity index (χ3n) is 5.59. The molecular formula is C22H19ClF3N7O. The van der Waals surface area contributed by atoms with Crippen LogP contribution in [0.3, 0.4) is 0 Å². The zero-order valence-corrected chi connectivity index (χ0v) is 18.7. The van der Waals surface area contributed by atoms with Crippen LogP contribution in [0, 0.1) is 5.82 Å². The molecule has 12 heteroatoms. The molecule has 5 rings (SSSR count). The number of ether oxygens (including phenoxy) is 1. The standard InChI is InChI=1S/C22H19ClF3N7O/c1-34-21-31-18-13(19(32-21)33-6-5-28-9-22(25,26)10-33)7-14(23)15(16(18)24)12-4-2-3-11-8-29-20(27)30-17(11)12/h2-4,7-8,28H,5-6,9-10H2,1H3,(H2,27,29,30). The van der Waals surface area contributed by atoms with Crippen molar-refractivity contribution in [1.82, 2.24) is 25.3 Å². The van der Waals surface area contributed by atoms with E-state index in [0.29, 0.717) is 23.0 Å². The Balaban J connectivity index is 1.77. The molecule has 8 nitrogen and oxygen atoms in total. The van der Waals surface area contributed by atoms with Gasteiger partial charge < -0.3 is 20.7 Å². The van der Waals surface area contributed by atoms with Gasteiger partial charge in [-0.25, -0.2) is 23.1 Å². The van der Waals surface area contributed by atoms with Gasteiger partial charge in [0.2, 0.25) is 5.95 Å². The van der Waals surface area contributed by atoms with Gasteiger partial charge in [-0.1, -0.05) is 29.8 Å². The minimum absolute atomic E-state index is 0.0271. The van der Waals surface area contributed by atoms with Crippen molar-refractivity contribution >= 4 is 45.2 Å². The van der Waals surface area contributed by atoms with Crippen LogP contribution in [-0.4, -0.2) is 59.1 Å². The summed E-state index contributed by atoms with van der Waals surface area (Å²) in [5.41, 5.74) is 6.49.